The van der Waals surface area contributed by atoms with Gasteiger partial charge in [0, 0.05) is 35.6 Å². The number of aromatic nitrogens is 1. The van der Waals surface area contributed by atoms with Crippen LogP contribution in [-0.4, -0.2) is 73.1 Å². The van der Waals surface area contributed by atoms with Gasteiger partial charge in [-0.2, -0.15) is 0 Å². The highest BCUT2D eigenvalue weighted by Crippen LogP contribution is 2.28. The van der Waals surface area contributed by atoms with E-state index in [0.717, 1.165) is 31.3 Å². The van der Waals surface area contributed by atoms with Gasteiger partial charge in [0.1, 0.15) is 12.2 Å². The van der Waals surface area contributed by atoms with E-state index in [0.29, 0.717) is 28.3 Å². The van der Waals surface area contributed by atoms with E-state index in [-0.39, 0.29) is 18.8 Å². The maximum Gasteiger partial charge on any atom is 0.334 e. The number of cyclic esters (lactones) is 1. The average Bonchev–Trinajstić information content (AvgIpc) is 3.47. The van der Waals surface area contributed by atoms with Crippen LogP contribution in [-0.2, 0) is 9.53 Å². The molecule has 2 bridgehead atoms. The summed E-state index contributed by atoms with van der Waals surface area (Å²) >= 11 is 1.38. The van der Waals surface area contributed by atoms with Crippen LogP contribution in [0.2, 0.25) is 0 Å². The van der Waals surface area contributed by atoms with E-state index < -0.39 is 48.5 Å². The number of aliphatic hydroxyl groups excluding tert-OH is 5. The van der Waals surface area contributed by atoms with E-state index in [1.807, 2.05) is 38.3 Å². The van der Waals surface area contributed by atoms with Gasteiger partial charge in [-0.05, 0) is 45.3 Å². The Morgan fingerprint density at radius 2 is 1.89 bits per heavy atom. The summed E-state index contributed by atoms with van der Waals surface area (Å²) < 4.78 is 5.90. The van der Waals surface area contributed by atoms with Crippen LogP contribution in [0, 0.1) is 5.92 Å². The Balaban J connectivity index is 2.44. The summed E-state index contributed by atoms with van der Waals surface area (Å²) in [4.78, 5) is 18.3. The van der Waals surface area contributed by atoms with Gasteiger partial charge in [0.25, 0.3) is 0 Å². The lowest BCUT2D eigenvalue weighted by Gasteiger charge is -2.32. The van der Waals surface area contributed by atoms with E-state index in [2.05, 4.69) is 11.9 Å². The molecule has 0 radical (unpaired) electrons. The predicted octanol–water partition coefficient (Wildman–Crippen LogP) is 5.77. The number of esters is 1. The van der Waals surface area contributed by atoms with E-state index in [9.17, 15) is 30.3 Å². The molecule has 246 valence electrons. The number of hydrogen-bond donors (Lipinski definition) is 5. The first kappa shape index (κ1) is 37.8. The van der Waals surface area contributed by atoms with E-state index >= 15 is 0 Å². The Kier molecular flexibility index (Phi) is 16.5. The molecule has 0 fully saturated rings. The molecule has 2 heterocycles. The quantitative estimate of drug-likeness (QED) is 0.118. The third-order valence-corrected chi connectivity index (χ3v) is 9.29. The molecule has 1 aromatic heterocycles. The van der Waals surface area contributed by atoms with Crippen molar-refractivity contribution in [3.05, 3.63) is 69.3 Å². The fourth-order valence-electron chi connectivity index (χ4n) is 5.04. The second kappa shape index (κ2) is 19.2. The lowest BCUT2D eigenvalue weighted by atomic mass is 9.87. The van der Waals surface area contributed by atoms with E-state index in [1.54, 1.807) is 44.2 Å². The highest BCUT2D eigenvalue weighted by atomic mass is 32.1. The van der Waals surface area contributed by atoms with Gasteiger partial charge >= 0.3 is 5.97 Å². The number of carbonyl (C=O) groups is 1. The number of nitrogens with zero attached hydrogens (tertiary/aromatic N) is 1. The van der Waals surface area contributed by atoms with Crippen LogP contribution in [0.5, 0.6) is 0 Å². The number of ether oxygens (including phenoxy) is 1. The Bertz CT molecular complexity index is 1180. The molecule has 1 aliphatic rings. The van der Waals surface area contributed by atoms with Crippen LogP contribution in [0.25, 0.3) is 6.08 Å². The van der Waals surface area contributed by atoms with Crippen LogP contribution in [0.15, 0.2) is 58.6 Å². The number of aliphatic hydroxyl groups is 5. The molecule has 8 atom stereocenters. The zero-order chi connectivity index (χ0) is 32.8. The standard InChI is InChI=1S/C35H53NO7S/c1-7-9-10-12-15-26-19-27-21-44-34(36-27)24(5)29(38)20-28(37)16-13-11-14-17-30(43-35(26)42)33(41)32(40)25(6)31(39)23(4)18-22(3)8-2/h8,11,13-14,16,18-19,21,24-25,28-33,37-41H,7,9-10,12,15,17,20H2,1-6H3/b14-11-,16-13-,22-8+,23-18+,26-19-/t24-,25?,28-,29+,30+,31?,32-,33-/m0/s1. The third kappa shape index (κ3) is 11.8. The number of rotatable bonds is 11. The van der Waals surface area contributed by atoms with Crippen LogP contribution >= 0.6 is 11.3 Å². The highest BCUT2D eigenvalue weighted by molar-refractivity contribution is 7.09. The molecule has 44 heavy (non-hydrogen) atoms. The second-order valence-electron chi connectivity index (χ2n) is 11.9. The minimum atomic E-state index is -1.48. The molecule has 0 amide bonds. The first-order valence-electron chi connectivity index (χ1n) is 15.8. The van der Waals surface area contributed by atoms with Gasteiger partial charge in [0.15, 0.2) is 0 Å². The second-order valence-corrected chi connectivity index (χ2v) is 12.8. The molecule has 1 aromatic rings. The van der Waals surface area contributed by atoms with Crippen LogP contribution in [0.3, 0.4) is 0 Å². The van der Waals surface area contributed by atoms with Gasteiger partial charge in [0.2, 0.25) is 0 Å². The minimum absolute atomic E-state index is 0.0866. The van der Waals surface area contributed by atoms with Crippen molar-refractivity contribution in [3.63, 3.8) is 0 Å². The summed E-state index contributed by atoms with van der Waals surface area (Å²) in [7, 11) is 0. The van der Waals surface area contributed by atoms with Crippen molar-refractivity contribution >= 4 is 23.4 Å². The van der Waals surface area contributed by atoms with Crippen molar-refractivity contribution < 1.29 is 35.1 Å². The number of allylic oxidation sites excluding steroid dienone is 5. The Morgan fingerprint density at radius 1 is 1.16 bits per heavy atom. The van der Waals surface area contributed by atoms with Crippen molar-refractivity contribution in [2.24, 2.45) is 5.92 Å². The molecular weight excluding hydrogens is 578 g/mol. The van der Waals surface area contributed by atoms with Gasteiger partial charge in [0.05, 0.1) is 35.1 Å². The SMILES string of the molecule is C/C=C(C)/C=C(\C)C(O)C(C)[C@H](O)[C@@H](O)[C@H]1C/C=C\C=C/[C@H](O)C[C@@H](O)[C@H](C)c2nc(cs2)/C=C(/CCCCCC)C(=O)O1. The lowest BCUT2D eigenvalue weighted by Crippen LogP contribution is -2.46. The van der Waals surface area contributed by atoms with Crippen LogP contribution in [0.4, 0.5) is 0 Å². The maximum absolute atomic E-state index is 13.6. The number of unbranched alkanes of at least 4 members (excludes halogenated alkanes) is 3. The van der Waals surface area contributed by atoms with Crippen molar-refractivity contribution in [2.75, 3.05) is 0 Å². The van der Waals surface area contributed by atoms with E-state index in [4.69, 9.17) is 4.74 Å². The molecule has 5 N–H and O–H groups in total. The molecule has 2 unspecified atom stereocenters. The molecule has 0 aromatic carbocycles. The molecule has 0 spiro atoms. The molecule has 8 nitrogen and oxygen atoms in total. The molecule has 0 aliphatic carbocycles. The minimum Gasteiger partial charge on any atom is -0.456 e. The van der Waals surface area contributed by atoms with Gasteiger partial charge in [-0.3, -0.25) is 0 Å². The van der Waals surface area contributed by atoms with Gasteiger partial charge < -0.3 is 30.3 Å². The van der Waals surface area contributed by atoms with Gasteiger partial charge in [-0.15, -0.1) is 11.3 Å². The normalized spacial score (nSPS) is 28.2. The zero-order valence-corrected chi connectivity index (χ0v) is 27.9. The molecular formula is C35H53NO7S. The maximum atomic E-state index is 13.6. The van der Waals surface area contributed by atoms with Crippen molar-refractivity contribution in [2.45, 2.75) is 129 Å². The first-order valence-corrected chi connectivity index (χ1v) is 16.7. The predicted molar refractivity (Wildman–Crippen MR) is 177 cm³/mol. The first-order chi connectivity index (χ1) is 20.9. The summed E-state index contributed by atoms with van der Waals surface area (Å²) in [6, 6.07) is 0. The summed E-state index contributed by atoms with van der Waals surface area (Å²) in [5.74, 6) is -1.66. The number of carbonyl (C=O) groups excluding carboxylic acids is 1. The van der Waals surface area contributed by atoms with Crippen molar-refractivity contribution in [1.29, 1.82) is 0 Å². The monoisotopic (exact) mass is 631 g/mol. The van der Waals surface area contributed by atoms with Crippen molar-refractivity contribution in [3.8, 4) is 0 Å². The summed E-state index contributed by atoms with van der Waals surface area (Å²) in [6.07, 6.45) is 9.78. The number of thiazole rings is 1. The molecule has 0 saturated heterocycles. The average molecular weight is 632 g/mol. The highest BCUT2D eigenvalue weighted by Gasteiger charge is 2.36. The Morgan fingerprint density at radius 3 is 2.57 bits per heavy atom. The largest absolute Gasteiger partial charge is 0.456 e. The smallest absolute Gasteiger partial charge is 0.334 e. The van der Waals surface area contributed by atoms with Gasteiger partial charge in [-0.1, -0.05) is 82.1 Å². The number of hydrogen-bond acceptors (Lipinski definition) is 9. The summed E-state index contributed by atoms with van der Waals surface area (Å²) in [6.45, 7) is 11.2. The van der Waals surface area contributed by atoms with Gasteiger partial charge in [-0.25, -0.2) is 9.78 Å². The summed E-state index contributed by atoms with van der Waals surface area (Å²) in [5, 5.41) is 57.0. The fraction of sp³-hybridized carbons (Fsp3) is 0.600. The zero-order valence-electron chi connectivity index (χ0n) is 27.1. The molecule has 1 aliphatic heterocycles. The Labute approximate surface area is 267 Å². The van der Waals surface area contributed by atoms with Crippen LogP contribution in [0.1, 0.15) is 103 Å². The fourth-order valence-corrected chi connectivity index (χ4v) is 5.93. The topological polar surface area (TPSA) is 140 Å². The van der Waals surface area contributed by atoms with Crippen molar-refractivity contribution in [1.82, 2.24) is 4.98 Å². The molecule has 0 saturated carbocycles. The molecule has 2 rings (SSSR count). The number of fused-ring (bicyclic) bond motifs is 2. The van der Waals surface area contributed by atoms with E-state index in [1.165, 1.54) is 11.3 Å². The third-order valence-electron chi connectivity index (χ3n) is 8.23. The Hall–Kier alpha value is -2.40. The van der Waals surface area contributed by atoms with Crippen LogP contribution < -0.4 is 0 Å². The summed E-state index contributed by atoms with van der Waals surface area (Å²) in [5.41, 5.74) is 2.59. The lowest BCUT2D eigenvalue weighted by molar-refractivity contribution is -0.158. The molecule has 9 heteroatoms.